The van der Waals surface area contributed by atoms with Gasteiger partial charge in [0.1, 0.15) is 5.75 Å². The summed E-state index contributed by atoms with van der Waals surface area (Å²) in [4.78, 5) is 0. The molecule has 1 saturated carbocycles. The molecule has 0 spiro atoms. The summed E-state index contributed by atoms with van der Waals surface area (Å²) in [7, 11) is 3.89. The van der Waals surface area contributed by atoms with Crippen molar-refractivity contribution in [1.82, 2.24) is 5.32 Å². The Hall–Kier alpha value is -1.06. The Morgan fingerprint density at radius 2 is 2.11 bits per heavy atom. The fraction of sp³-hybridized carbons (Fsp3) is 0.625. The van der Waals surface area contributed by atoms with Crippen LogP contribution in [0.3, 0.4) is 0 Å². The number of benzene rings is 1. The first kappa shape index (κ1) is 12.9. The van der Waals surface area contributed by atoms with Gasteiger partial charge in [-0.1, -0.05) is 25.0 Å². The maximum atomic E-state index is 5.93. The standard InChI is InChI=1S/C16H23NO2/c1-17-15(16(18-2)8-3-4-9-16)13-5-6-14-12(11-13)7-10-19-14/h5-6,11,15,17H,3-4,7-10H2,1-2H3. The van der Waals surface area contributed by atoms with Gasteiger partial charge in [-0.25, -0.2) is 0 Å². The second-order valence-corrected chi connectivity index (χ2v) is 5.66. The molecule has 1 unspecified atom stereocenters. The highest BCUT2D eigenvalue weighted by Crippen LogP contribution is 2.43. The molecule has 1 aromatic rings. The Kier molecular flexibility index (Phi) is 3.50. The van der Waals surface area contributed by atoms with Crippen LogP contribution >= 0.6 is 0 Å². The fourth-order valence-electron chi connectivity index (χ4n) is 3.70. The molecule has 3 rings (SSSR count). The first-order chi connectivity index (χ1) is 9.29. The van der Waals surface area contributed by atoms with Crippen LogP contribution in [0.2, 0.25) is 0 Å². The smallest absolute Gasteiger partial charge is 0.122 e. The lowest BCUT2D eigenvalue weighted by Crippen LogP contribution is -2.42. The van der Waals surface area contributed by atoms with Crippen molar-refractivity contribution in [2.24, 2.45) is 0 Å². The molecule has 3 nitrogen and oxygen atoms in total. The third-order valence-corrected chi connectivity index (χ3v) is 4.72. The molecule has 0 amide bonds. The van der Waals surface area contributed by atoms with Crippen molar-refractivity contribution in [2.75, 3.05) is 20.8 Å². The number of fused-ring (bicyclic) bond motifs is 1. The van der Waals surface area contributed by atoms with Crippen LogP contribution in [0.25, 0.3) is 0 Å². The summed E-state index contributed by atoms with van der Waals surface area (Å²) in [6, 6.07) is 6.86. The Balaban J connectivity index is 1.93. The Labute approximate surface area is 115 Å². The molecule has 1 heterocycles. The summed E-state index contributed by atoms with van der Waals surface area (Å²) in [6.45, 7) is 0.818. The molecule has 1 aliphatic heterocycles. The van der Waals surface area contributed by atoms with Crippen LogP contribution < -0.4 is 10.1 Å². The van der Waals surface area contributed by atoms with Gasteiger partial charge in [0, 0.05) is 13.5 Å². The predicted molar refractivity (Wildman–Crippen MR) is 75.6 cm³/mol. The molecule has 1 aliphatic carbocycles. The number of nitrogens with one attached hydrogen (secondary N) is 1. The average Bonchev–Trinajstić information content (AvgIpc) is 3.08. The van der Waals surface area contributed by atoms with Gasteiger partial charge in [-0.3, -0.25) is 0 Å². The average molecular weight is 261 g/mol. The predicted octanol–water partition coefficient (Wildman–Crippen LogP) is 2.84. The van der Waals surface area contributed by atoms with Gasteiger partial charge in [-0.15, -0.1) is 0 Å². The summed E-state index contributed by atoms with van der Waals surface area (Å²) in [6.07, 6.45) is 5.84. The molecule has 3 heteroatoms. The third kappa shape index (κ3) is 2.15. The monoisotopic (exact) mass is 261 g/mol. The second-order valence-electron chi connectivity index (χ2n) is 5.66. The van der Waals surface area contributed by atoms with Crippen molar-refractivity contribution in [3.63, 3.8) is 0 Å². The van der Waals surface area contributed by atoms with Gasteiger partial charge in [0.05, 0.1) is 18.2 Å². The normalized spacial score (nSPS) is 22.0. The van der Waals surface area contributed by atoms with Crippen LogP contribution in [0, 0.1) is 0 Å². The first-order valence-corrected chi connectivity index (χ1v) is 7.27. The zero-order valence-corrected chi connectivity index (χ0v) is 11.9. The van der Waals surface area contributed by atoms with Gasteiger partial charge < -0.3 is 14.8 Å². The van der Waals surface area contributed by atoms with Crippen molar-refractivity contribution < 1.29 is 9.47 Å². The van der Waals surface area contributed by atoms with E-state index in [0.29, 0.717) is 0 Å². The molecule has 1 fully saturated rings. The molecule has 19 heavy (non-hydrogen) atoms. The van der Waals surface area contributed by atoms with Crippen molar-refractivity contribution in [2.45, 2.75) is 43.7 Å². The highest BCUT2D eigenvalue weighted by atomic mass is 16.5. The first-order valence-electron chi connectivity index (χ1n) is 7.27. The van der Waals surface area contributed by atoms with Gasteiger partial charge >= 0.3 is 0 Å². The van der Waals surface area contributed by atoms with E-state index in [9.17, 15) is 0 Å². The van der Waals surface area contributed by atoms with E-state index in [0.717, 1.165) is 31.6 Å². The van der Waals surface area contributed by atoms with Crippen LogP contribution in [-0.2, 0) is 11.2 Å². The van der Waals surface area contributed by atoms with Crippen LogP contribution in [-0.4, -0.2) is 26.4 Å². The second kappa shape index (κ2) is 5.14. The van der Waals surface area contributed by atoms with Crippen LogP contribution in [0.15, 0.2) is 18.2 Å². The van der Waals surface area contributed by atoms with Crippen molar-refractivity contribution in [3.05, 3.63) is 29.3 Å². The lowest BCUT2D eigenvalue weighted by Gasteiger charge is -2.36. The molecule has 0 saturated heterocycles. The quantitative estimate of drug-likeness (QED) is 0.904. The highest BCUT2D eigenvalue weighted by molar-refractivity contribution is 5.41. The van der Waals surface area contributed by atoms with E-state index >= 15 is 0 Å². The topological polar surface area (TPSA) is 30.5 Å². The van der Waals surface area contributed by atoms with Crippen LogP contribution in [0.4, 0.5) is 0 Å². The maximum absolute atomic E-state index is 5.93. The minimum Gasteiger partial charge on any atom is -0.493 e. The van der Waals surface area contributed by atoms with Crippen molar-refractivity contribution in [3.8, 4) is 5.75 Å². The zero-order chi connectivity index (χ0) is 13.3. The fourth-order valence-corrected chi connectivity index (χ4v) is 3.70. The molecule has 0 aromatic heterocycles. The largest absolute Gasteiger partial charge is 0.493 e. The minimum absolute atomic E-state index is 0.0392. The number of methoxy groups -OCH3 is 1. The number of likely N-dealkylation sites (N-methyl/N-ethyl adjacent to an activating group) is 1. The molecule has 0 radical (unpaired) electrons. The van der Waals surface area contributed by atoms with Gasteiger partial charge in [0.25, 0.3) is 0 Å². The molecular formula is C16H23NO2. The number of rotatable bonds is 4. The highest BCUT2D eigenvalue weighted by Gasteiger charge is 2.41. The Morgan fingerprint density at radius 3 is 2.79 bits per heavy atom. The van der Waals surface area contributed by atoms with E-state index in [2.05, 4.69) is 23.5 Å². The van der Waals surface area contributed by atoms with Gasteiger partial charge in [0.15, 0.2) is 0 Å². The third-order valence-electron chi connectivity index (χ3n) is 4.72. The van der Waals surface area contributed by atoms with Gasteiger partial charge in [0.2, 0.25) is 0 Å². The van der Waals surface area contributed by atoms with E-state index in [1.165, 1.54) is 24.0 Å². The summed E-state index contributed by atoms with van der Waals surface area (Å²) in [5, 5.41) is 3.48. The molecule has 104 valence electrons. The number of ether oxygens (including phenoxy) is 2. The Bertz CT molecular complexity index is 452. The molecule has 2 aliphatic rings. The molecule has 1 aromatic carbocycles. The molecule has 0 bridgehead atoms. The van der Waals surface area contributed by atoms with Crippen molar-refractivity contribution in [1.29, 1.82) is 0 Å². The Morgan fingerprint density at radius 1 is 1.32 bits per heavy atom. The SMILES string of the molecule is CNC(c1ccc2c(c1)CCO2)C1(OC)CCCC1. The number of hydrogen-bond donors (Lipinski definition) is 1. The lowest BCUT2D eigenvalue weighted by atomic mass is 9.86. The van der Waals surface area contributed by atoms with E-state index in [1.807, 2.05) is 14.2 Å². The van der Waals surface area contributed by atoms with E-state index < -0.39 is 0 Å². The molecular weight excluding hydrogens is 238 g/mol. The summed E-state index contributed by atoms with van der Waals surface area (Å²) in [5.41, 5.74) is 2.63. The summed E-state index contributed by atoms with van der Waals surface area (Å²) in [5.74, 6) is 1.05. The molecule has 1 atom stereocenters. The van der Waals surface area contributed by atoms with Crippen LogP contribution in [0.1, 0.15) is 42.9 Å². The van der Waals surface area contributed by atoms with Gasteiger partial charge in [-0.05, 0) is 37.1 Å². The summed E-state index contributed by atoms with van der Waals surface area (Å²) < 4.78 is 11.5. The summed E-state index contributed by atoms with van der Waals surface area (Å²) >= 11 is 0. The van der Waals surface area contributed by atoms with Crippen molar-refractivity contribution >= 4 is 0 Å². The maximum Gasteiger partial charge on any atom is 0.122 e. The molecule has 1 N–H and O–H groups in total. The van der Waals surface area contributed by atoms with E-state index in [4.69, 9.17) is 9.47 Å². The zero-order valence-electron chi connectivity index (χ0n) is 11.9. The minimum atomic E-state index is -0.0392. The number of hydrogen-bond acceptors (Lipinski definition) is 3. The van der Waals surface area contributed by atoms with E-state index in [-0.39, 0.29) is 11.6 Å². The van der Waals surface area contributed by atoms with E-state index in [1.54, 1.807) is 0 Å². The van der Waals surface area contributed by atoms with Gasteiger partial charge in [-0.2, -0.15) is 0 Å². The lowest BCUT2D eigenvalue weighted by molar-refractivity contribution is -0.0349. The van der Waals surface area contributed by atoms with Crippen LogP contribution in [0.5, 0.6) is 5.75 Å².